The average molecular weight is 346 g/mol. The van der Waals surface area contributed by atoms with Gasteiger partial charge in [0.1, 0.15) is 0 Å². The molecule has 0 heterocycles. The van der Waals surface area contributed by atoms with Crippen LogP contribution in [-0.4, -0.2) is 8.41 Å². The Hall–Kier alpha value is 2.08. The second-order valence-corrected chi connectivity index (χ2v) is 0. The lowest BCUT2D eigenvalue weighted by Crippen LogP contribution is -0.381. The molecule has 0 aromatic carbocycles. The number of halogens is 5. The standard InChI is InChI=1S/CH4.BH3.3BrH.2ClH/h1H4;1H3;5*1H. The fourth-order valence-electron chi connectivity index (χ4n) is 0. The first-order valence-electron chi connectivity index (χ1n) is 0. The average Bonchev–Trinajstić information content (AvgIpc) is 0. The summed E-state index contributed by atoms with van der Waals surface area (Å²) < 4.78 is 0. The van der Waals surface area contributed by atoms with Crippen molar-refractivity contribution in [3.8, 4) is 0 Å². The smallest absolute Gasteiger partial charge is 0.0814 e. The quantitative estimate of drug-likeness (QED) is 0.590. The Labute approximate surface area is 90.9 Å². The highest BCUT2D eigenvalue weighted by atomic mass is 79.9. The van der Waals surface area contributed by atoms with Crippen molar-refractivity contribution in [2.75, 3.05) is 0 Å². The summed E-state index contributed by atoms with van der Waals surface area (Å²) in [7, 11) is 0. The Morgan fingerprint density at radius 3 is 0.571 bits per heavy atom. The summed E-state index contributed by atoms with van der Waals surface area (Å²) in [5.41, 5.74) is 0. The van der Waals surface area contributed by atoms with Crippen molar-refractivity contribution >= 4 is 84.2 Å². The molecule has 0 unspecified atom stereocenters. The summed E-state index contributed by atoms with van der Waals surface area (Å²) in [6, 6.07) is 0. The first-order valence-corrected chi connectivity index (χ1v) is 0. The van der Waals surface area contributed by atoms with Crippen LogP contribution in [0.5, 0.6) is 0 Å². The van der Waals surface area contributed by atoms with Crippen LogP contribution in [0.3, 0.4) is 0 Å². The SMILES string of the molecule is B.Br.Br.Br.C.Cl.Cl. The van der Waals surface area contributed by atoms with E-state index < -0.39 is 0 Å². The molecule has 0 atom stereocenters. The predicted octanol–water partition coefficient (Wildman–Crippen LogP) is 2.03. The molecule has 0 rings (SSSR count). The molecule has 0 N–H and O–H groups in total. The number of hydrogen-bond acceptors (Lipinski definition) is 0. The Morgan fingerprint density at radius 2 is 0.571 bits per heavy atom. The monoisotopic (exact) mass is 342 g/mol. The summed E-state index contributed by atoms with van der Waals surface area (Å²) in [6.07, 6.45) is 0. The Kier molecular flexibility index (Phi) is 1820. The lowest BCUT2D eigenvalue weighted by molar-refractivity contribution is 2.50. The molecule has 0 saturated heterocycles. The molecule has 0 spiro atoms. The third kappa shape index (κ3) is 68.9. The highest BCUT2D eigenvalue weighted by Crippen LogP contribution is 0.848. The lowest BCUT2D eigenvalue weighted by atomic mass is 10.8. The van der Waals surface area contributed by atoms with E-state index in [4.69, 9.17) is 0 Å². The van der Waals surface area contributed by atoms with E-state index in [9.17, 15) is 0 Å². The molecule has 0 radical (unpaired) electrons. The molecule has 0 aliphatic carbocycles. The van der Waals surface area contributed by atoms with Gasteiger partial charge in [-0.15, -0.1) is 75.8 Å². The van der Waals surface area contributed by atoms with Crippen LogP contribution in [0.25, 0.3) is 0 Å². The van der Waals surface area contributed by atoms with Gasteiger partial charge >= 0.3 is 0 Å². The Balaban J connectivity index is 0. The molecule has 6 heteroatoms. The molecule has 0 aromatic rings. The fourth-order valence-corrected chi connectivity index (χ4v) is 0. The van der Waals surface area contributed by atoms with E-state index in [0.29, 0.717) is 0 Å². The molecule has 0 aliphatic heterocycles. The molecule has 0 saturated carbocycles. The van der Waals surface area contributed by atoms with Gasteiger partial charge < -0.3 is 0 Å². The summed E-state index contributed by atoms with van der Waals surface area (Å²) in [6.45, 7) is 0. The zero-order valence-corrected chi connectivity index (χ0v) is 8.81. The highest BCUT2D eigenvalue weighted by molar-refractivity contribution is 8.93. The van der Waals surface area contributed by atoms with Gasteiger partial charge in [0.15, 0.2) is 0 Å². The lowest BCUT2D eigenvalue weighted by Gasteiger charge is -0.148. The van der Waals surface area contributed by atoms with Crippen molar-refractivity contribution in [1.29, 1.82) is 0 Å². The molecule has 54 valence electrons. The zero-order valence-electron chi connectivity index (χ0n) is 2.04. The van der Waals surface area contributed by atoms with Crippen LogP contribution in [0.2, 0.25) is 0 Å². The van der Waals surface area contributed by atoms with Gasteiger partial charge in [0, 0.05) is 0 Å². The number of rotatable bonds is 0. The topological polar surface area (TPSA) is 0 Å². The van der Waals surface area contributed by atoms with Gasteiger partial charge in [-0.3, -0.25) is 0 Å². The van der Waals surface area contributed by atoms with Crippen LogP contribution in [0.4, 0.5) is 0 Å². The van der Waals surface area contributed by atoms with E-state index in [1.807, 2.05) is 0 Å². The fraction of sp³-hybridized carbons (Fsp3) is 1.00. The van der Waals surface area contributed by atoms with E-state index >= 15 is 0 Å². The minimum Gasteiger partial charge on any atom is -0.147 e. The van der Waals surface area contributed by atoms with Crippen LogP contribution >= 0.6 is 75.8 Å². The normalized spacial score (nSPS) is 0. The van der Waals surface area contributed by atoms with Crippen molar-refractivity contribution in [3.63, 3.8) is 0 Å². The summed E-state index contributed by atoms with van der Waals surface area (Å²) in [4.78, 5) is 0. The summed E-state index contributed by atoms with van der Waals surface area (Å²) >= 11 is 0. The van der Waals surface area contributed by atoms with Crippen LogP contribution in [0.1, 0.15) is 7.43 Å². The van der Waals surface area contributed by atoms with Crippen LogP contribution in [0, 0.1) is 0 Å². The molecule has 0 bridgehead atoms. The van der Waals surface area contributed by atoms with Gasteiger partial charge in [-0.25, -0.2) is 0 Å². The second kappa shape index (κ2) is 93.4. The number of hydrogen-bond donors (Lipinski definition) is 0. The first-order chi connectivity index (χ1) is 0. The predicted molar refractivity (Wildman–Crippen MR) is 62.1 cm³/mol. The van der Waals surface area contributed by atoms with E-state index in [2.05, 4.69) is 0 Å². The minimum absolute atomic E-state index is 0. The largest absolute Gasteiger partial charge is 0.147 e. The molecule has 0 aromatic heterocycles. The van der Waals surface area contributed by atoms with Gasteiger partial charge in [0.2, 0.25) is 0 Å². The second-order valence-electron chi connectivity index (χ2n) is 0. The maximum absolute atomic E-state index is 0. The van der Waals surface area contributed by atoms with Gasteiger partial charge in [0.05, 0.1) is 8.41 Å². The van der Waals surface area contributed by atoms with Crippen molar-refractivity contribution in [2.45, 2.75) is 7.43 Å². The van der Waals surface area contributed by atoms with Crippen molar-refractivity contribution in [1.82, 2.24) is 0 Å². The molecule has 0 amide bonds. The summed E-state index contributed by atoms with van der Waals surface area (Å²) in [5.74, 6) is 0. The van der Waals surface area contributed by atoms with E-state index in [-0.39, 0.29) is 91.6 Å². The van der Waals surface area contributed by atoms with E-state index in [1.54, 1.807) is 0 Å². The van der Waals surface area contributed by atoms with Gasteiger partial charge in [-0.1, -0.05) is 7.43 Å². The highest BCUT2D eigenvalue weighted by Gasteiger charge is 0.0814. The maximum Gasteiger partial charge on any atom is 0.0814 e. The molecule has 7 heavy (non-hydrogen) atoms. The van der Waals surface area contributed by atoms with Crippen molar-refractivity contribution < 1.29 is 0 Å². The van der Waals surface area contributed by atoms with E-state index in [1.165, 1.54) is 0 Å². The van der Waals surface area contributed by atoms with E-state index in [0.717, 1.165) is 0 Å². The molecule has 0 fully saturated rings. The Bertz CT molecular complexity index is 12.9. The molecular weight excluding hydrogens is 333 g/mol. The maximum atomic E-state index is 0. The molecular formula is CH12BBr3Cl2. The Morgan fingerprint density at radius 1 is 0.571 bits per heavy atom. The van der Waals surface area contributed by atoms with Crippen LogP contribution in [-0.2, 0) is 0 Å². The molecule has 0 nitrogen and oxygen atoms in total. The van der Waals surface area contributed by atoms with Crippen molar-refractivity contribution in [3.05, 3.63) is 0 Å². The zero-order chi connectivity index (χ0) is 0. The molecule has 0 aliphatic rings. The summed E-state index contributed by atoms with van der Waals surface area (Å²) in [5, 5.41) is 0. The van der Waals surface area contributed by atoms with Gasteiger partial charge in [-0.2, -0.15) is 0 Å². The first kappa shape index (κ1) is 137. The van der Waals surface area contributed by atoms with Crippen LogP contribution in [0.15, 0.2) is 0 Å². The van der Waals surface area contributed by atoms with Gasteiger partial charge in [-0.05, 0) is 0 Å². The third-order valence-electron chi connectivity index (χ3n) is 0. The minimum atomic E-state index is 0. The van der Waals surface area contributed by atoms with Gasteiger partial charge in [0.25, 0.3) is 0 Å². The third-order valence-corrected chi connectivity index (χ3v) is 0. The van der Waals surface area contributed by atoms with Crippen LogP contribution < -0.4 is 0 Å². The van der Waals surface area contributed by atoms with Crippen molar-refractivity contribution in [2.24, 2.45) is 0 Å².